The highest BCUT2D eigenvalue weighted by molar-refractivity contribution is 6.70. The molecule has 122 valence electrons. The van der Waals surface area contributed by atoms with Crippen molar-refractivity contribution in [2.75, 3.05) is 0 Å². The van der Waals surface area contributed by atoms with Crippen LogP contribution in [0.2, 0.25) is 39.3 Å². The second-order valence-electron chi connectivity index (χ2n) is 7.31. The highest BCUT2D eigenvalue weighted by Gasteiger charge is 2.18. The maximum absolute atomic E-state index is 5.73. The Labute approximate surface area is 136 Å². The first-order valence-corrected chi connectivity index (χ1v) is 14.4. The molecule has 0 aliphatic carbocycles. The highest BCUT2D eigenvalue weighted by Crippen LogP contribution is 2.11. The first-order chi connectivity index (χ1) is 10.1. The summed E-state index contributed by atoms with van der Waals surface area (Å²) in [4.78, 5) is 0. The standard InChI is InChI=1S/C16H28N2O2Si2/c1-14(17-19-21(2,3)4)13-16(18-20-22(5,6)7)15-11-9-8-10-12-15/h8-12H,13H2,1-7H3. The van der Waals surface area contributed by atoms with Crippen LogP contribution in [0.3, 0.4) is 0 Å². The molecule has 0 amide bonds. The third-order valence-corrected chi connectivity index (χ3v) is 3.71. The van der Waals surface area contributed by atoms with Crippen molar-refractivity contribution in [2.45, 2.75) is 52.6 Å². The molecule has 0 aromatic heterocycles. The fourth-order valence-electron chi connectivity index (χ4n) is 1.50. The third kappa shape index (κ3) is 8.14. The van der Waals surface area contributed by atoms with E-state index < -0.39 is 16.6 Å². The molecule has 0 saturated heterocycles. The Kier molecular flexibility index (Phi) is 6.55. The normalized spacial score (nSPS) is 14.0. The monoisotopic (exact) mass is 336 g/mol. The molecule has 0 aliphatic rings. The molecule has 0 spiro atoms. The molecule has 0 bridgehead atoms. The molecule has 1 aromatic rings. The summed E-state index contributed by atoms with van der Waals surface area (Å²) in [5.74, 6) is 0. The Balaban J connectivity index is 2.92. The second kappa shape index (κ2) is 7.73. The maximum Gasteiger partial charge on any atom is 0.278 e. The van der Waals surface area contributed by atoms with Crippen molar-refractivity contribution in [3.05, 3.63) is 35.9 Å². The van der Waals surface area contributed by atoms with Crippen molar-refractivity contribution < 1.29 is 9.05 Å². The summed E-state index contributed by atoms with van der Waals surface area (Å²) in [6, 6.07) is 10.1. The van der Waals surface area contributed by atoms with E-state index in [-0.39, 0.29) is 0 Å². The van der Waals surface area contributed by atoms with Gasteiger partial charge < -0.3 is 9.05 Å². The summed E-state index contributed by atoms with van der Waals surface area (Å²) in [6.45, 7) is 14.7. The van der Waals surface area contributed by atoms with Gasteiger partial charge in [0.25, 0.3) is 16.6 Å². The van der Waals surface area contributed by atoms with Crippen LogP contribution in [0.5, 0.6) is 0 Å². The van der Waals surface area contributed by atoms with Gasteiger partial charge in [0.2, 0.25) is 0 Å². The summed E-state index contributed by atoms with van der Waals surface area (Å²) in [6.07, 6.45) is 0.624. The molecule has 0 fully saturated rings. The molecule has 22 heavy (non-hydrogen) atoms. The Morgan fingerprint density at radius 3 is 1.86 bits per heavy atom. The van der Waals surface area contributed by atoms with E-state index in [0.717, 1.165) is 17.0 Å². The van der Waals surface area contributed by atoms with Gasteiger partial charge in [0.1, 0.15) is 0 Å². The minimum Gasteiger partial charge on any atom is -0.456 e. The second-order valence-corrected chi connectivity index (χ2v) is 16.1. The van der Waals surface area contributed by atoms with Crippen LogP contribution < -0.4 is 0 Å². The van der Waals surface area contributed by atoms with Crippen molar-refractivity contribution in [1.82, 2.24) is 0 Å². The van der Waals surface area contributed by atoms with Gasteiger partial charge in [-0.25, -0.2) is 0 Å². The van der Waals surface area contributed by atoms with Crippen LogP contribution >= 0.6 is 0 Å². The molecule has 0 heterocycles. The quantitative estimate of drug-likeness (QED) is 0.405. The Hall–Kier alpha value is -1.41. The van der Waals surface area contributed by atoms with Gasteiger partial charge in [0.15, 0.2) is 0 Å². The van der Waals surface area contributed by atoms with Crippen molar-refractivity contribution in [1.29, 1.82) is 0 Å². The van der Waals surface area contributed by atoms with Crippen LogP contribution in [-0.4, -0.2) is 28.1 Å². The Morgan fingerprint density at radius 2 is 1.36 bits per heavy atom. The molecule has 0 N–H and O–H groups in total. The van der Waals surface area contributed by atoms with Gasteiger partial charge in [-0.2, -0.15) is 0 Å². The number of rotatable bonds is 7. The van der Waals surface area contributed by atoms with E-state index in [2.05, 4.69) is 49.6 Å². The minimum atomic E-state index is -1.70. The molecular weight excluding hydrogens is 308 g/mol. The van der Waals surface area contributed by atoms with Gasteiger partial charge >= 0.3 is 0 Å². The number of nitrogens with zero attached hydrogens (tertiary/aromatic N) is 2. The lowest BCUT2D eigenvalue weighted by atomic mass is 10.1. The van der Waals surface area contributed by atoms with Crippen molar-refractivity contribution in [3.63, 3.8) is 0 Å². The number of benzene rings is 1. The molecule has 1 aromatic carbocycles. The predicted molar refractivity (Wildman–Crippen MR) is 99.6 cm³/mol. The zero-order valence-corrected chi connectivity index (χ0v) is 16.8. The van der Waals surface area contributed by atoms with Crippen molar-refractivity contribution in [2.24, 2.45) is 10.3 Å². The van der Waals surface area contributed by atoms with Crippen LogP contribution in [-0.2, 0) is 9.05 Å². The zero-order chi connectivity index (χ0) is 16.8. The van der Waals surface area contributed by atoms with E-state index in [1.807, 2.05) is 37.3 Å². The summed E-state index contributed by atoms with van der Waals surface area (Å²) in [7, 11) is -3.35. The van der Waals surface area contributed by atoms with Crippen LogP contribution in [0.1, 0.15) is 18.9 Å². The summed E-state index contributed by atoms with van der Waals surface area (Å²) < 4.78 is 11.3. The topological polar surface area (TPSA) is 43.2 Å². The van der Waals surface area contributed by atoms with E-state index in [1.54, 1.807) is 0 Å². The first kappa shape index (κ1) is 18.6. The van der Waals surface area contributed by atoms with Crippen molar-refractivity contribution >= 4 is 28.1 Å². The summed E-state index contributed by atoms with van der Waals surface area (Å²) in [5.41, 5.74) is 2.86. The fraction of sp³-hybridized carbons (Fsp3) is 0.500. The van der Waals surface area contributed by atoms with E-state index in [9.17, 15) is 0 Å². The van der Waals surface area contributed by atoms with Gasteiger partial charge in [-0.15, -0.1) is 10.3 Å². The van der Waals surface area contributed by atoms with E-state index in [4.69, 9.17) is 9.05 Å². The predicted octanol–water partition coefficient (Wildman–Crippen LogP) is 4.86. The van der Waals surface area contributed by atoms with Crippen LogP contribution in [0.4, 0.5) is 0 Å². The lowest BCUT2D eigenvalue weighted by Gasteiger charge is -2.16. The number of oxime groups is 2. The maximum atomic E-state index is 5.73. The minimum absolute atomic E-state index is 0.624. The molecular formula is C16H28N2O2Si2. The van der Waals surface area contributed by atoms with Gasteiger partial charge in [0, 0.05) is 6.42 Å². The molecule has 0 saturated carbocycles. The van der Waals surface area contributed by atoms with E-state index in [0.29, 0.717) is 6.42 Å². The SMILES string of the molecule is CC(CC(=NO[Si](C)(C)C)c1ccccc1)=NO[Si](C)(C)C. The molecule has 0 atom stereocenters. The average Bonchev–Trinajstić information content (AvgIpc) is 2.40. The smallest absolute Gasteiger partial charge is 0.278 e. The molecule has 0 unspecified atom stereocenters. The van der Waals surface area contributed by atoms with Gasteiger partial charge in [-0.3, -0.25) is 0 Å². The Bertz CT molecular complexity index is 529. The van der Waals surface area contributed by atoms with Gasteiger partial charge in [-0.05, 0) is 51.8 Å². The van der Waals surface area contributed by atoms with E-state index in [1.165, 1.54) is 0 Å². The summed E-state index contributed by atoms with van der Waals surface area (Å²) in [5, 5.41) is 8.66. The molecule has 1 rings (SSSR count). The highest BCUT2D eigenvalue weighted by atomic mass is 28.4. The lowest BCUT2D eigenvalue weighted by Crippen LogP contribution is -2.24. The van der Waals surface area contributed by atoms with Crippen LogP contribution in [0, 0.1) is 0 Å². The fourth-order valence-corrected chi connectivity index (χ4v) is 2.31. The van der Waals surface area contributed by atoms with Crippen molar-refractivity contribution in [3.8, 4) is 0 Å². The molecule has 6 heteroatoms. The van der Waals surface area contributed by atoms with Crippen LogP contribution in [0.25, 0.3) is 0 Å². The number of hydrogen-bond acceptors (Lipinski definition) is 4. The largest absolute Gasteiger partial charge is 0.456 e. The third-order valence-electron chi connectivity index (χ3n) is 2.44. The lowest BCUT2D eigenvalue weighted by molar-refractivity contribution is 0.332. The Morgan fingerprint density at radius 1 is 0.864 bits per heavy atom. The molecule has 0 radical (unpaired) electrons. The van der Waals surface area contributed by atoms with E-state index >= 15 is 0 Å². The summed E-state index contributed by atoms with van der Waals surface area (Å²) >= 11 is 0. The molecule has 0 aliphatic heterocycles. The van der Waals surface area contributed by atoms with Gasteiger partial charge in [0.05, 0.1) is 11.4 Å². The van der Waals surface area contributed by atoms with Gasteiger partial charge in [-0.1, -0.05) is 30.3 Å². The number of hydrogen-bond donors (Lipinski definition) is 0. The average molecular weight is 337 g/mol. The van der Waals surface area contributed by atoms with Crippen LogP contribution in [0.15, 0.2) is 40.6 Å². The molecule has 4 nitrogen and oxygen atoms in total. The zero-order valence-electron chi connectivity index (χ0n) is 14.8. The first-order valence-electron chi connectivity index (χ1n) is 7.59.